The second-order valence-electron chi connectivity index (χ2n) is 2.78. The molecule has 0 fully saturated rings. The Morgan fingerprint density at radius 3 is 1.93 bits per heavy atom. The Kier molecular flexibility index (Phi) is 3.79. The molecule has 0 aromatic rings. The smallest absolute Gasteiger partial charge is 0.292 e. The lowest BCUT2D eigenvalue weighted by atomic mass is 10.0. The third-order valence-electron chi connectivity index (χ3n) is 1.62. The fourth-order valence-electron chi connectivity index (χ4n) is 0.621. The topological polar surface area (TPSA) is 17.1 Å². The molecule has 0 heterocycles. The average Bonchev–Trinajstić information content (AvgIpc) is 2.01. The maximum absolute atomic E-state index is 12.3. The molecule has 0 saturated carbocycles. The number of halogens is 5. The molecule has 0 N–H and O–H groups in total. The monoisotopic (exact) mass is 216 g/mol. The van der Waals surface area contributed by atoms with E-state index in [1.54, 1.807) is 0 Å². The highest BCUT2D eigenvalue weighted by atomic mass is 19.4. The molecule has 0 radical (unpaired) electrons. The van der Waals surface area contributed by atoms with Gasteiger partial charge in [-0.2, -0.15) is 22.0 Å². The van der Waals surface area contributed by atoms with Gasteiger partial charge in [-0.25, -0.2) is 0 Å². The van der Waals surface area contributed by atoms with Crippen LogP contribution in [0, 0.1) is 0 Å². The molecule has 0 rings (SSSR count). The van der Waals surface area contributed by atoms with Crippen LogP contribution in [0.5, 0.6) is 0 Å². The van der Waals surface area contributed by atoms with Crippen LogP contribution in [0.15, 0.2) is 12.2 Å². The molecule has 6 heteroatoms. The molecule has 0 aromatic heterocycles. The van der Waals surface area contributed by atoms with Crippen LogP contribution in [0.1, 0.15) is 19.8 Å². The number of allylic oxidation sites excluding steroid dienone is 1. The molecule has 0 unspecified atom stereocenters. The van der Waals surface area contributed by atoms with E-state index in [-0.39, 0.29) is 12.0 Å². The van der Waals surface area contributed by atoms with Crippen molar-refractivity contribution in [2.24, 2.45) is 0 Å². The van der Waals surface area contributed by atoms with Crippen LogP contribution in [0.3, 0.4) is 0 Å². The van der Waals surface area contributed by atoms with E-state index in [1.165, 1.54) is 6.92 Å². The van der Waals surface area contributed by atoms with Crippen LogP contribution in [0.25, 0.3) is 0 Å². The van der Waals surface area contributed by atoms with E-state index in [0.717, 1.165) is 0 Å². The summed E-state index contributed by atoms with van der Waals surface area (Å²) in [7, 11) is 0. The molecule has 0 aromatic carbocycles. The number of hydrogen-bond donors (Lipinski definition) is 0. The van der Waals surface area contributed by atoms with Crippen LogP contribution in [0.4, 0.5) is 22.0 Å². The fourth-order valence-corrected chi connectivity index (χ4v) is 0.621. The van der Waals surface area contributed by atoms with E-state index < -0.39 is 24.3 Å². The Labute approximate surface area is 77.6 Å². The first kappa shape index (κ1) is 13.1. The third-order valence-corrected chi connectivity index (χ3v) is 1.62. The van der Waals surface area contributed by atoms with Crippen molar-refractivity contribution in [1.82, 2.24) is 0 Å². The zero-order valence-electron chi connectivity index (χ0n) is 7.42. The minimum atomic E-state index is -5.82. The van der Waals surface area contributed by atoms with E-state index >= 15 is 0 Å². The highest BCUT2D eigenvalue weighted by Crippen LogP contribution is 2.37. The normalized spacial score (nSPS) is 12.7. The summed E-state index contributed by atoms with van der Waals surface area (Å²) in [6, 6.07) is 0. The van der Waals surface area contributed by atoms with Crippen LogP contribution < -0.4 is 0 Å². The summed E-state index contributed by atoms with van der Waals surface area (Å²) in [5, 5.41) is 0. The minimum absolute atomic E-state index is 0.0546. The van der Waals surface area contributed by atoms with Gasteiger partial charge in [-0.3, -0.25) is 4.79 Å². The van der Waals surface area contributed by atoms with Crippen molar-refractivity contribution in [3.8, 4) is 0 Å². The molecule has 0 amide bonds. The number of rotatable bonds is 4. The number of alkyl halides is 5. The van der Waals surface area contributed by atoms with Gasteiger partial charge in [0.25, 0.3) is 0 Å². The Balaban J connectivity index is 4.61. The molecule has 0 aliphatic rings. The van der Waals surface area contributed by atoms with Crippen LogP contribution in [-0.2, 0) is 4.79 Å². The summed E-state index contributed by atoms with van der Waals surface area (Å²) in [5.74, 6) is -7.43. The fraction of sp³-hybridized carbons (Fsp3) is 0.625. The summed E-state index contributed by atoms with van der Waals surface area (Å²) >= 11 is 0. The number of carbonyl (C=O) groups is 1. The second-order valence-corrected chi connectivity index (χ2v) is 2.78. The maximum atomic E-state index is 12.3. The molecule has 0 atom stereocenters. The molecule has 0 aliphatic carbocycles. The molecular weight excluding hydrogens is 207 g/mol. The summed E-state index contributed by atoms with van der Waals surface area (Å²) in [6.07, 6.45) is -6.57. The summed E-state index contributed by atoms with van der Waals surface area (Å²) in [4.78, 5) is 10.5. The average molecular weight is 216 g/mol. The molecule has 0 spiro atoms. The van der Waals surface area contributed by atoms with Gasteiger partial charge in [0.15, 0.2) is 0 Å². The zero-order chi connectivity index (χ0) is 11.6. The van der Waals surface area contributed by atoms with Crippen molar-refractivity contribution < 1.29 is 26.7 Å². The Hall–Kier alpha value is -0.940. The third kappa shape index (κ3) is 2.78. The lowest BCUT2D eigenvalue weighted by molar-refractivity contribution is -0.268. The summed E-state index contributed by atoms with van der Waals surface area (Å²) in [6.45, 7) is 4.70. The molecular formula is C8H9F5O. The van der Waals surface area contributed by atoms with Crippen LogP contribution in [-0.4, -0.2) is 17.9 Å². The number of carbonyl (C=O) groups excluding carboxylic acids is 1. The standard InChI is InChI=1S/C8H9F5O/c1-3-5(2)4-6(14)7(9,10)8(11,12)13/h2-4H2,1H3. The van der Waals surface area contributed by atoms with Crippen molar-refractivity contribution in [3.05, 3.63) is 12.2 Å². The van der Waals surface area contributed by atoms with Gasteiger partial charge in [0.05, 0.1) is 0 Å². The molecule has 1 nitrogen and oxygen atoms in total. The molecule has 14 heavy (non-hydrogen) atoms. The van der Waals surface area contributed by atoms with Gasteiger partial charge in [0.1, 0.15) is 0 Å². The second kappa shape index (κ2) is 4.06. The van der Waals surface area contributed by atoms with E-state index in [1.807, 2.05) is 0 Å². The van der Waals surface area contributed by atoms with E-state index in [0.29, 0.717) is 0 Å². The summed E-state index contributed by atoms with van der Waals surface area (Å²) in [5.41, 5.74) is 0.0546. The van der Waals surface area contributed by atoms with Crippen molar-refractivity contribution in [1.29, 1.82) is 0 Å². The van der Waals surface area contributed by atoms with E-state index in [4.69, 9.17) is 0 Å². The van der Waals surface area contributed by atoms with Gasteiger partial charge < -0.3 is 0 Å². The SMILES string of the molecule is C=C(CC)CC(=O)C(F)(F)C(F)(F)F. The van der Waals surface area contributed by atoms with Gasteiger partial charge in [-0.15, -0.1) is 0 Å². The van der Waals surface area contributed by atoms with Crippen LogP contribution in [0.2, 0.25) is 0 Å². The van der Waals surface area contributed by atoms with Gasteiger partial charge in [-0.05, 0) is 6.42 Å². The van der Waals surface area contributed by atoms with Crippen LogP contribution >= 0.6 is 0 Å². The Morgan fingerprint density at radius 2 is 1.64 bits per heavy atom. The predicted molar refractivity (Wildman–Crippen MR) is 40.1 cm³/mol. The maximum Gasteiger partial charge on any atom is 0.461 e. The van der Waals surface area contributed by atoms with Gasteiger partial charge in [0.2, 0.25) is 5.78 Å². The highest BCUT2D eigenvalue weighted by molar-refractivity contribution is 5.88. The van der Waals surface area contributed by atoms with E-state index in [9.17, 15) is 26.7 Å². The predicted octanol–water partition coefficient (Wildman–Crippen LogP) is 3.11. The first-order valence-electron chi connectivity index (χ1n) is 3.77. The molecule has 82 valence electrons. The van der Waals surface area contributed by atoms with Crippen molar-refractivity contribution in [2.75, 3.05) is 0 Å². The largest absolute Gasteiger partial charge is 0.461 e. The Bertz CT molecular complexity index is 241. The molecule has 0 bridgehead atoms. The minimum Gasteiger partial charge on any atom is -0.292 e. The van der Waals surface area contributed by atoms with Crippen molar-refractivity contribution >= 4 is 5.78 Å². The highest BCUT2D eigenvalue weighted by Gasteiger charge is 2.62. The van der Waals surface area contributed by atoms with E-state index in [2.05, 4.69) is 6.58 Å². The molecule has 0 aliphatic heterocycles. The molecule has 0 saturated heterocycles. The lowest BCUT2D eigenvalue weighted by Crippen LogP contribution is -2.44. The Morgan fingerprint density at radius 1 is 1.21 bits per heavy atom. The van der Waals surface area contributed by atoms with Gasteiger partial charge >= 0.3 is 12.1 Å². The van der Waals surface area contributed by atoms with Crippen molar-refractivity contribution in [3.63, 3.8) is 0 Å². The number of hydrogen-bond acceptors (Lipinski definition) is 1. The van der Waals surface area contributed by atoms with Gasteiger partial charge in [-0.1, -0.05) is 19.1 Å². The number of ketones is 1. The zero-order valence-corrected chi connectivity index (χ0v) is 7.42. The first-order chi connectivity index (χ1) is 6.13. The summed E-state index contributed by atoms with van der Waals surface area (Å²) < 4.78 is 59.5. The quantitative estimate of drug-likeness (QED) is 0.521. The van der Waals surface area contributed by atoms with Gasteiger partial charge in [0, 0.05) is 6.42 Å². The lowest BCUT2D eigenvalue weighted by Gasteiger charge is -2.18. The first-order valence-corrected chi connectivity index (χ1v) is 3.77. The van der Waals surface area contributed by atoms with Crippen molar-refractivity contribution in [2.45, 2.75) is 31.9 Å². The number of Topliss-reactive ketones (excluding diaryl/α,β-unsaturated/α-hetero) is 1.